The molecule has 0 radical (unpaired) electrons. The molecule has 1 aromatic carbocycles. The predicted octanol–water partition coefficient (Wildman–Crippen LogP) is 3.62. The van der Waals surface area contributed by atoms with Gasteiger partial charge in [-0.1, -0.05) is 15.9 Å². The van der Waals surface area contributed by atoms with Crippen LogP contribution in [0.3, 0.4) is 0 Å². The summed E-state index contributed by atoms with van der Waals surface area (Å²) in [6.07, 6.45) is -0.520. The van der Waals surface area contributed by atoms with Crippen LogP contribution in [0.2, 0.25) is 0 Å². The van der Waals surface area contributed by atoms with Crippen LogP contribution in [-0.2, 0) is 23.2 Å². The van der Waals surface area contributed by atoms with Gasteiger partial charge in [-0.15, -0.1) is 0 Å². The molecule has 0 aromatic heterocycles. The molecule has 1 fully saturated rings. The fraction of sp³-hybridized carbons (Fsp3) is 0.533. The number of nitrogens with one attached hydrogen (secondary N) is 1. The first-order chi connectivity index (χ1) is 11.4. The molecule has 0 saturated carbocycles. The highest BCUT2D eigenvalue weighted by Crippen LogP contribution is 2.57. The van der Waals surface area contributed by atoms with Crippen molar-refractivity contribution < 1.29 is 23.2 Å². The van der Waals surface area contributed by atoms with Gasteiger partial charge in [-0.3, -0.25) is 14.2 Å². The fourth-order valence-electron chi connectivity index (χ4n) is 2.46. The summed E-state index contributed by atoms with van der Waals surface area (Å²) in [7, 11) is -1.75. The predicted molar refractivity (Wildman–Crippen MR) is 94.7 cm³/mol. The third kappa shape index (κ3) is 4.65. The van der Waals surface area contributed by atoms with Crippen molar-refractivity contribution in [3.05, 3.63) is 28.7 Å². The standard InChI is InChI=1S/C15H22BrN2O5P/c1-4-21-24(20,22-5-2)14-10-13(23-18(14)3)15(19)17-12-8-6-11(16)7-9-12/h6-9,13-14H,4-5,10H2,1-3H3,(H,17,19)/t13-,14-/m1/s1. The smallest absolute Gasteiger partial charge is 0.324 e. The number of amides is 1. The maximum Gasteiger partial charge on any atom is 0.350 e. The number of rotatable bonds is 7. The second-order valence-corrected chi connectivity index (χ2v) is 8.34. The molecule has 9 heteroatoms. The highest BCUT2D eigenvalue weighted by atomic mass is 79.9. The zero-order chi connectivity index (χ0) is 17.7. The first kappa shape index (κ1) is 19.6. The van der Waals surface area contributed by atoms with Crippen molar-refractivity contribution in [2.75, 3.05) is 25.6 Å². The summed E-state index contributed by atoms with van der Waals surface area (Å²) >= 11 is 3.34. The largest absolute Gasteiger partial charge is 0.350 e. The lowest BCUT2D eigenvalue weighted by Gasteiger charge is -2.25. The van der Waals surface area contributed by atoms with E-state index >= 15 is 0 Å². The van der Waals surface area contributed by atoms with E-state index in [2.05, 4.69) is 21.2 Å². The third-order valence-corrected chi connectivity index (χ3v) is 6.56. The Morgan fingerprint density at radius 1 is 1.33 bits per heavy atom. The van der Waals surface area contributed by atoms with Gasteiger partial charge in [0.2, 0.25) is 0 Å². The van der Waals surface area contributed by atoms with Gasteiger partial charge >= 0.3 is 7.60 Å². The number of hydrogen-bond acceptors (Lipinski definition) is 6. The quantitative estimate of drug-likeness (QED) is 0.678. The van der Waals surface area contributed by atoms with Crippen molar-refractivity contribution in [1.82, 2.24) is 5.06 Å². The van der Waals surface area contributed by atoms with E-state index in [-0.39, 0.29) is 25.5 Å². The molecule has 0 bridgehead atoms. The third-order valence-electron chi connectivity index (χ3n) is 3.53. The summed E-state index contributed by atoms with van der Waals surface area (Å²) in [5.74, 6) is -0.913. The van der Waals surface area contributed by atoms with Gasteiger partial charge in [0.05, 0.1) is 13.2 Å². The Balaban J connectivity index is 2.04. The SMILES string of the molecule is CCOP(=O)(OCC)[C@@H]1C[C@H](C(=O)Nc2ccc(Br)cc2)ON1C. The van der Waals surface area contributed by atoms with Crippen LogP contribution in [0, 0.1) is 0 Å². The number of benzene rings is 1. The minimum absolute atomic E-state index is 0.232. The van der Waals surface area contributed by atoms with Crippen LogP contribution >= 0.6 is 23.5 Å². The Morgan fingerprint density at radius 2 is 1.92 bits per heavy atom. The van der Waals surface area contributed by atoms with Gasteiger partial charge in [-0.2, -0.15) is 5.06 Å². The maximum absolute atomic E-state index is 12.9. The molecule has 24 heavy (non-hydrogen) atoms. The van der Waals surface area contributed by atoms with Crippen molar-refractivity contribution in [2.45, 2.75) is 32.2 Å². The Kier molecular flexibility index (Phi) is 6.98. The van der Waals surface area contributed by atoms with Crippen molar-refractivity contribution >= 4 is 35.1 Å². The highest BCUT2D eigenvalue weighted by Gasteiger charge is 2.48. The summed E-state index contributed by atoms with van der Waals surface area (Å²) in [6.45, 7) is 4.02. The molecule has 1 aliphatic rings. The van der Waals surface area contributed by atoms with Crippen LogP contribution in [0.1, 0.15) is 20.3 Å². The van der Waals surface area contributed by atoms with Crippen LogP contribution in [-0.4, -0.2) is 43.1 Å². The van der Waals surface area contributed by atoms with Gasteiger partial charge in [-0.25, -0.2) is 0 Å². The zero-order valence-electron chi connectivity index (χ0n) is 13.9. The first-order valence-electron chi connectivity index (χ1n) is 7.74. The molecule has 2 rings (SSSR count). The minimum Gasteiger partial charge on any atom is -0.324 e. The van der Waals surface area contributed by atoms with Gasteiger partial charge < -0.3 is 14.4 Å². The van der Waals surface area contributed by atoms with Gasteiger partial charge in [-0.05, 0) is 38.1 Å². The molecule has 0 aliphatic carbocycles. The van der Waals surface area contributed by atoms with E-state index in [0.717, 1.165) is 4.47 Å². The van der Waals surface area contributed by atoms with Crippen LogP contribution in [0.25, 0.3) is 0 Å². The van der Waals surface area contributed by atoms with Crippen LogP contribution in [0.4, 0.5) is 5.69 Å². The zero-order valence-corrected chi connectivity index (χ0v) is 16.4. The normalized spacial score (nSPS) is 21.8. The van der Waals surface area contributed by atoms with E-state index in [9.17, 15) is 9.36 Å². The molecule has 1 saturated heterocycles. The summed E-state index contributed by atoms with van der Waals surface area (Å²) in [6, 6.07) is 7.23. The van der Waals surface area contributed by atoms with Gasteiger partial charge in [0.1, 0.15) is 5.78 Å². The van der Waals surface area contributed by atoms with Crippen molar-refractivity contribution in [3.8, 4) is 0 Å². The lowest BCUT2D eigenvalue weighted by atomic mass is 10.2. The Labute approximate surface area is 150 Å². The molecular weight excluding hydrogens is 399 g/mol. The van der Waals surface area contributed by atoms with E-state index in [1.165, 1.54) is 5.06 Å². The van der Waals surface area contributed by atoms with Crippen LogP contribution < -0.4 is 5.32 Å². The molecule has 1 aromatic rings. The molecule has 7 nitrogen and oxygen atoms in total. The van der Waals surface area contributed by atoms with E-state index in [4.69, 9.17) is 13.9 Å². The van der Waals surface area contributed by atoms with Gasteiger partial charge in [0.25, 0.3) is 5.91 Å². The minimum atomic E-state index is -3.37. The summed E-state index contributed by atoms with van der Waals surface area (Å²) < 4.78 is 24.5. The second kappa shape index (κ2) is 8.56. The lowest BCUT2D eigenvalue weighted by Crippen LogP contribution is -2.28. The van der Waals surface area contributed by atoms with Gasteiger partial charge in [0, 0.05) is 23.6 Å². The second-order valence-electron chi connectivity index (χ2n) is 5.23. The topological polar surface area (TPSA) is 77.1 Å². The van der Waals surface area contributed by atoms with Gasteiger partial charge in [0.15, 0.2) is 6.10 Å². The number of hydroxylamine groups is 2. The van der Waals surface area contributed by atoms with E-state index < -0.39 is 19.5 Å². The fourth-order valence-corrected chi connectivity index (χ4v) is 4.77. The molecule has 2 atom stereocenters. The van der Waals surface area contributed by atoms with E-state index in [0.29, 0.717) is 5.69 Å². The lowest BCUT2D eigenvalue weighted by molar-refractivity contribution is -0.155. The van der Waals surface area contributed by atoms with Crippen LogP contribution in [0.15, 0.2) is 28.7 Å². The maximum atomic E-state index is 12.9. The number of nitrogens with zero attached hydrogens (tertiary/aromatic N) is 1. The monoisotopic (exact) mass is 420 g/mol. The van der Waals surface area contributed by atoms with Crippen molar-refractivity contribution in [2.24, 2.45) is 0 Å². The molecule has 0 unspecified atom stereocenters. The number of halogens is 1. The molecule has 0 spiro atoms. The summed E-state index contributed by atoms with van der Waals surface area (Å²) in [4.78, 5) is 17.9. The number of hydrogen-bond donors (Lipinski definition) is 1. The summed E-state index contributed by atoms with van der Waals surface area (Å²) in [5, 5.41) is 4.19. The van der Waals surface area contributed by atoms with Crippen molar-refractivity contribution in [1.29, 1.82) is 0 Å². The molecule has 134 valence electrons. The van der Waals surface area contributed by atoms with Crippen molar-refractivity contribution in [3.63, 3.8) is 0 Å². The molecule has 1 amide bonds. The molecule has 1 N–H and O–H groups in total. The number of carbonyl (C=O) groups excluding carboxylic acids is 1. The Bertz CT molecular complexity index is 602. The number of anilines is 1. The average Bonchev–Trinajstić information content (AvgIpc) is 2.93. The van der Waals surface area contributed by atoms with Crippen LogP contribution in [0.5, 0.6) is 0 Å². The van der Waals surface area contributed by atoms with E-state index in [1.54, 1.807) is 33.0 Å². The summed E-state index contributed by atoms with van der Waals surface area (Å²) in [5.41, 5.74) is 0.663. The average molecular weight is 421 g/mol. The van der Waals surface area contributed by atoms with E-state index in [1.807, 2.05) is 12.1 Å². The Morgan fingerprint density at radius 3 is 2.46 bits per heavy atom. The number of carbonyl (C=O) groups is 1. The molecule has 1 heterocycles. The first-order valence-corrected chi connectivity index (χ1v) is 10.1. The molecule has 1 aliphatic heterocycles. The highest BCUT2D eigenvalue weighted by molar-refractivity contribution is 9.10. The molecular formula is C15H22BrN2O5P. The Hall–Kier alpha value is -0.760.